The highest BCUT2D eigenvalue weighted by molar-refractivity contribution is 9.09. The molecular formula is C9H18BrNO2S. The van der Waals surface area contributed by atoms with Gasteiger partial charge < -0.3 is 0 Å². The highest BCUT2D eigenvalue weighted by atomic mass is 79.9. The lowest BCUT2D eigenvalue weighted by atomic mass is 10.2. The zero-order chi connectivity index (χ0) is 10.6. The Kier molecular flexibility index (Phi) is 4.87. The van der Waals surface area contributed by atoms with Crippen LogP contribution in [0.1, 0.15) is 32.6 Å². The normalized spacial score (nSPS) is 19.6. The van der Waals surface area contributed by atoms with E-state index >= 15 is 0 Å². The molecule has 1 aliphatic rings. The van der Waals surface area contributed by atoms with Gasteiger partial charge in [-0.2, -0.15) is 0 Å². The fourth-order valence-electron chi connectivity index (χ4n) is 1.29. The molecule has 0 aromatic rings. The van der Waals surface area contributed by atoms with Crippen LogP contribution in [-0.4, -0.2) is 25.5 Å². The second kappa shape index (κ2) is 5.47. The molecule has 1 N–H and O–H groups in total. The quantitative estimate of drug-likeness (QED) is 0.726. The molecule has 0 aromatic carbocycles. The van der Waals surface area contributed by atoms with Crippen molar-refractivity contribution in [2.75, 3.05) is 12.3 Å². The fraction of sp³-hybridized carbons (Fsp3) is 1.00. The summed E-state index contributed by atoms with van der Waals surface area (Å²) in [6, 6.07) is 0. The number of hydrogen-bond donors (Lipinski definition) is 1. The summed E-state index contributed by atoms with van der Waals surface area (Å²) in [5, 5.41) is 0. The van der Waals surface area contributed by atoms with E-state index < -0.39 is 10.0 Å². The van der Waals surface area contributed by atoms with Gasteiger partial charge >= 0.3 is 0 Å². The van der Waals surface area contributed by atoms with E-state index in [1.54, 1.807) is 0 Å². The molecule has 1 saturated carbocycles. The van der Waals surface area contributed by atoms with Crippen molar-refractivity contribution >= 4 is 26.0 Å². The number of sulfonamides is 1. The first-order chi connectivity index (χ1) is 6.53. The van der Waals surface area contributed by atoms with Crippen LogP contribution in [0.25, 0.3) is 0 Å². The molecule has 1 aliphatic carbocycles. The zero-order valence-electron chi connectivity index (χ0n) is 8.50. The Labute approximate surface area is 94.8 Å². The van der Waals surface area contributed by atoms with Gasteiger partial charge in [-0.25, -0.2) is 13.1 Å². The Morgan fingerprint density at radius 1 is 1.50 bits per heavy atom. The van der Waals surface area contributed by atoms with Gasteiger partial charge in [0.2, 0.25) is 10.0 Å². The molecule has 0 amide bonds. The van der Waals surface area contributed by atoms with Crippen LogP contribution in [0.3, 0.4) is 0 Å². The molecular weight excluding hydrogens is 266 g/mol. The lowest BCUT2D eigenvalue weighted by Crippen LogP contribution is -2.32. The minimum absolute atomic E-state index is 0.265. The van der Waals surface area contributed by atoms with E-state index in [9.17, 15) is 8.42 Å². The molecule has 1 unspecified atom stereocenters. The molecule has 1 rings (SSSR count). The Bertz CT molecular complexity index is 262. The molecule has 14 heavy (non-hydrogen) atoms. The number of nitrogens with one attached hydrogen (secondary N) is 1. The third kappa shape index (κ3) is 5.32. The molecule has 0 heterocycles. The molecule has 0 bridgehead atoms. The van der Waals surface area contributed by atoms with Crippen LogP contribution in [-0.2, 0) is 10.0 Å². The summed E-state index contributed by atoms with van der Waals surface area (Å²) in [6.07, 6.45) is 4.23. The summed E-state index contributed by atoms with van der Waals surface area (Å²) in [5.74, 6) is 0.742. The van der Waals surface area contributed by atoms with Gasteiger partial charge in [-0.1, -0.05) is 29.3 Å². The number of rotatable bonds is 7. The average Bonchev–Trinajstić information content (AvgIpc) is 2.85. The van der Waals surface area contributed by atoms with Crippen molar-refractivity contribution in [3.8, 4) is 0 Å². The summed E-state index contributed by atoms with van der Waals surface area (Å²) in [5.41, 5.74) is 0. The van der Waals surface area contributed by atoms with Crippen molar-refractivity contribution in [1.29, 1.82) is 0 Å². The van der Waals surface area contributed by atoms with Crippen LogP contribution in [0.5, 0.6) is 0 Å². The Balaban J connectivity index is 2.20. The van der Waals surface area contributed by atoms with E-state index in [4.69, 9.17) is 0 Å². The molecule has 3 nitrogen and oxygen atoms in total. The average molecular weight is 284 g/mol. The van der Waals surface area contributed by atoms with Gasteiger partial charge in [0, 0.05) is 11.4 Å². The largest absolute Gasteiger partial charge is 0.214 e. The van der Waals surface area contributed by atoms with Crippen LogP contribution in [0.15, 0.2) is 0 Å². The molecule has 5 heteroatoms. The summed E-state index contributed by atoms with van der Waals surface area (Å²) in [7, 11) is -3.01. The molecule has 1 fully saturated rings. The molecule has 0 radical (unpaired) electrons. The number of alkyl halides is 1. The lowest BCUT2D eigenvalue weighted by molar-refractivity contribution is 0.574. The topological polar surface area (TPSA) is 46.2 Å². The van der Waals surface area contributed by atoms with Gasteiger partial charge in [-0.15, -0.1) is 0 Å². The minimum Gasteiger partial charge on any atom is -0.214 e. The van der Waals surface area contributed by atoms with Crippen LogP contribution in [0, 0.1) is 5.92 Å². The molecule has 0 aromatic heterocycles. The maximum atomic E-state index is 11.5. The maximum Gasteiger partial charge on any atom is 0.211 e. The molecule has 0 aliphatic heterocycles. The third-order valence-corrected chi connectivity index (χ3v) is 4.58. The van der Waals surface area contributed by atoms with E-state index in [0.717, 1.165) is 25.7 Å². The minimum atomic E-state index is -3.01. The maximum absolute atomic E-state index is 11.5. The first-order valence-corrected chi connectivity index (χ1v) is 7.71. The Morgan fingerprint density at radius 2 is 2.14 bits per heavy atom. The van der Waals surface area contributed by atoms with Crippen LogP contribution in [0.2, 0.25) is 0 Å². The SMILES string of the molecule is CCCC(Br)CNS(=O)(=O)CC1CC1. The molecule has 84 valence electrons. The van der Waals surface area contributed by atoms with Gasteiger partial charge in [-0.05, 0) is 25.2 Å². The van der Waals surface area contributed by atoms with Crippen LogP contribution in [0.4, 0.5) is 0 Å². The molecule has 0 saturated heterocycles. The second-order valence-electron chi connectivity index (χ2n) is 3.96. The zero-order valence-corrected chi connectivity index (χ0v) is 10.9. The van der Waals surface area contributed by atoms with E-state index in [1.807, 2.05) is 0 Å². The first kappa shape index (κ1) is 12.5. The van der Waals surface area contributed by atoms with Gasteiger partial charge in [0.05, 0.1) is 5.75 Å². The summed E-state index contributed by atoms with van der Waals surface area (Å²) < 4.78 is 25.6. The van der Waals surface area contributed by atoms with Gasteiger partial charge in [0.1, 0.15) is 0 Å². The monoisotopic (exact) mass is 283 g/mol. The van der Waals surface area contributed by atoms with Crippen molar-refractivity contribution in [2.45, 2.75) is 37.4 Å². The van der Waals surface area contributed by atoms with Crippen molar-refractivity contribution < 1.29 is 8.42 Å². The van der Waals surface area contributed by atoms with E-state index in [0.29, 0.717) is 18.2 Å². The second-order valence-corrected chi connectivity index (χ2v) is 7.11. The Hall–Kier alpha value is 0.390. The van der Waals surface area contributed by atoms with Crippen LogP contribution < -0.4 is 4.72 Å². The highest BCUT2D eigenvalue weighted by Gasteiger charge is 2.27. The summed E-state index contributed by atoms with van der Waals surface area (Å²) in [4.78, 5) is 0.265. The van der Waals surface area contributed by atoms with E-state index in [2.05, 4.69) is 27.6 Å². The molecule has 0 spiro atoms. The number of hydrogen-bond acceptors (Lipinski definition) is 2. The predicted octanol–water partition coefficient (Wildman–Crippen LogP) is 1.88. The highest BCUT2D eigenvalue weighted by Crippen LogP contribution is 2.29. The summed E-state index contributed by atoms with van der Waals surface area (Å²) >= 11 is 3.45. The third-order valence-electron chi connectivity index (χ3n) is 2.28. The molecule has 1 atom stereocenters. The van der Waals surface area contributed by atoms with Crippen molar-refractivity contribution in [3.63, 3.8) is 0 Å². The van der Waals surface area contributed by atoms with Gasteiger partial charge in [0.25, 0.3) is 0 Å². The standard InChI is InChI=1S/C9H18BrNO2S/c1-2-3-9(10)6-11-14(12,13)7-8-4-5-8/h8-9,11H,2-7H2,1H3. The predicted molar refractivity (Wildman–Crippen MR) is 62.1 cm³/mol. The van der Waals surface area contributed by atoms with E-state index in [-0.39, 0.29) is 4.83 Å². The fourth-order valence-corrected chi connectivity index (χ4v) is 3.65. The van der Waals surface area contributed by atoms with Crippen LogP contribution >= 0.6 is 15.9 Å². The number of halogens is 1. The first-order valence-electron chi connectivity index (χ1n) is 5.15. The lowest BCUT2D eigenvalue weighted by Gasteiger charge is -2.10. The van der Waals surface area contributed by atoms with Crippen molar-refractivity contribution in [3.05, 3.63) is 0 Å². The van der Waals surface area contributed by atoms with Gasteiger partial charge in [0.15, 0.2) is 0 Å². The Morgan fingerprint density at radius 3 is 2.64 bits per heavy atom. The van der Waals surface area contributed by atoms with Crippen molar-refractivity contribution in [1.82, 2.24) is 4.72 Å². The van der Waals surface area contributed by atoms with Gasteiger partial charge in [-0.3, -0.25) is 0 Å². The summed E-state index contributed by atoms with van der Waals surface area (Å²) in [6.45, 7) is 2.61. The smallest absolute Gasteiger partial charge is 0.211 e. The van der Waals surface area contributed by atoms with E-state index in [1.165, 1.54) is 0 Å². The van der Waals surface area contributed by atoms with Crippen molar-refractivity contribution in [2.24, 2.45) is 5.92 Å².